The Hall–Kier alpha value is -9.76. The number of aromatic nitrogens is 2. The standard InChI is InChI=1S/C68H36N4OS2/c69-37-52-60(39-16-3-1-4-17-39)53(38-70)64(72-65-46(31-33-48-44-21-9-13-28-58(44)74-67(48)65)47-32-34-49-45-22-10-14-29-59(45)75-68(49)66(47)72)61(40-18-5-2-6-19-40)63(52)71-54-25-11-7-23-50(54)62-42(24-15-26-55(62)71)41-30-35-57-51(36-41)43-20-8-12-27-56(43)73-57/h1-36H. The predicted octanol–water partition coefficient (Wildman–Crippen LogP) is 19.3. The average Bonchev–Trinajstić information content (AvgIpc) is 4.40. The van der Waals surface area contributed by atoms with Gasteiger partial charge in [-0.25, -0.2) is 0 Å². The summed E-state index contributed by atoms with van der Waals surface area (Å²) in [7, 11) is 0. The second-order valence-electron chi connectivity index (χ2n) is 19.2. The smallest absolute Gasteiger partial charge is 0.135 e. The van der Waals surface area contributed by atoms with Crippen LogP contribution in [0.4, 0.5) is 0 Å². The Morgan fingerprint density at radius 2 is 0.867 bits per heavy atom. The van der Waals surface area contributed by atoms with Crippen LogP contribution < -0.4 is 0 Å². The largest absolute Gasteiger partial charge is 0.456 e. The third-order valence-corrected chi connectivity index (χ3v) is 17.8. The second-order valence-corrected chi connectivity index (χ2v) is 21.3. The Morgan fingerprint density at radius 3 is 1.51 bits per heavy atom. The number of thiophene rings is 2. The van der Waals surface area contributed by atoms with Crippen molar-refractivity contribution in [1.82, 2.24) is 9.13 Å². The van der Waals surface area contributed by atoms with E-state index in [9.17, 15) is 10.5 Å². The van der Waals surface area contributed by atoms with Crippen molar-refractivity contribution >= 4 is 129 Å². The maximum Gasteiger partial charge on any atom is 0.135 e. The first kappa shape index (κ1) is 41.8. The highest BCUT2D eigenvalue weighted by molar-refractivity contribution is 7.27. The number of nitrogens with zero attached hydrogens (tertiary/aromatic N) is 4. The summed E-state index contributed by atoms with van der Waals surface area (Å²) in [6.07, 6.45) is 0. The average molecular weight is 989 g/mol. The van der Waals surface area contributed by atoms with E-state index in [0.717, 1.165) is 119 Å². The Balaban J connectivity index is 1.15. The molecule has 7 heteroatoms. The number of fused-ring (bicyclic) bond motifs is 17. The van der Waals surface area contributed by atoms with Crippen LogP contribution in [0, 0.1) is 22.7 Å². The topological polar surface area (TPSA) is 70.6 Å². The van der Waals surface area contributed by atoms with Gasteiger partial charge >= 0.3 is 0 Å². The van der Waals surface area contributed by atoms with Crippen molar-refractivity contribution in [3.8, 4) is 56.9 Å². The lowest BCUT2D eigenvalue weighted by Crippen LogP contribution is -2.11. The van der Waals surface area contributed by atoms with Crippen LogP contribution in [0.1, 0.15) is 11.1 Å². The molecule has 16 rings (SSSR count). The van der Waals surface area contributed by atoms with E-state index in [-0.39, 0.29) is 0 Å². The lowest BCUT2D eigenvalue weighted by Gasteiger charge is -2.25. The summed E-state index contributed by atoms with van der Waals surface area (Å²) < 4.78 is 15.7. The zero-order chi connectivity index (χ0) is 49.5. The van der Waals surface area contributed by atoms with Crippen molar-refractivity contribution in [3.05, 3.63) is 230 Å². The quantitative estimate of drug-likeness (QED) is 0.172. The van der Waals surface area contributed by atoms with Gasteiger partial charge in [0.1, 0.15) is 23.3 Å². The third kappa shape index (κ3) is 5.79. The summed E-state index contributed by atoms with van der Waals surface area (Å²) >= 11 is 3.58. The van der Waals surface area contributed by atoms with Crippen molar-refractivity contribution in [2.45, 2.75) is 0 Å². The normalized spacial score (nSPS) is 12.0. The van der Waals surface area contributed by atoms with E-state index in [1.165, 1.54) is 20.2 Å². The summed E-state index contributed by atoms with van der Waals surface area (Å²) in [4.78, 5) is 0. The Bertz CT molecular complexity index is 5080. The second kappa shape index (κ2) is 15.9. The van der Waals surface area contributed by atoms with Crippen LogP contribution in [0.5, 0.6) is 0 Å². The maximum atomic E-state index is 12.2. The number of para-hydroxylation sites is 2. The number of hydrogen-bond acceptors (Lipinski definition) is 5. The van der Waals surface area contributed by atoms with Gasteiger partial charge in [-0.2, -0.15) is 10.5 Å². The molecule has 16 aromatic rings. The lowest BCUT2D eigenvalue weighted by atomic mass is 9.86. The first-order chi connectivity index (χ1) is 37.2. The Morgan fingerprint density at radius 1 is 0.360 bits per heavy atom. The van der Waals surface area contributed by atoms with Crippen molar-refractivity contribution in [2.24, 2.45) is 0 Å². The van der Waals surface area contributed by atoms with Gasteiger partial charge < -0.3 is 13.6 Å². The molecule has 75 heavy (non-hydrogen) atoms. The molecule has 0 amide bonds. The van der Waals surface area contributed by atoms with Crippen molar-refractivity contribution in [2.75, 3.05) is 0 Å². The van der Waals surface area contributed by atoms with Crippen LogP contribution in [0.2, 0.25) is 0 Å². The van der Waals surface area contributed by atoms with Gasteiger partial charge in [0.2, 0.25) is 0 Å². The molecule has 0 unspecified atom stereocenters. The molecule has 0 saturated heterocycles. The minimum Gasteiger partial charge on any atom is -0.456 e. The van der Waals surface area contributed by atoms with Crippen LogP contribution in [0.15, 0.2) is 223 Å². The monoisotopic (exact) mass is 988 g/mol. The SMILES string of the molecule is N#Cc1c(-c2ccccc2)c(C#N)c(-n2c3c(ccc4c5ccccc5sc43)c3ccc4c5ccccc5sc4c32)c(-c2ccccc2)c1-n1c2ccccc2c2c(-c3ccc4oc5ccccc5c4c3)cccc21. The fourth-order valence-corrected chi connectivity index (χ4v) is 14.8. The van der Waals surface area contributed by atoms with Gasteiger partial charge in [0.05, 0.1) is 54.0 Å². The number of benzene rings is 11. The first-order valence-corrected chi connectivity index (χ1v) is 26.6. The molecule has 0 atom stereocenters. The Labute approximate surface area is 436 Å². The predicted molar refractivity (Wildman–Crippen MR) is 314 cm³/mol. The fourth-order valence-electron chi connectivity index (χ4n) is 12.3. The van der Waals surface area contributed by atoms with Gasteiger partial charge in [-0.1, -0.05) is 176 Å². The molecule has 0 aliphatic rings. The fraction of sp³-hybridized carbons (Fsp3) is 0. The summed E-state index contributed by atoms with van der Waals surface area (Å²) in [5.41, 5.74) is 13.1. The van der Waals surface area contributed by atoms with Gasteiger partial charge in [-0.3, -0.25) is 0 Å². The third-order valence-electron chi connectivity index (χ3n) is 15.4. The van der Waals surface area contributed by atoms with E-state index in [1.54, 1.807) is 22.7 Å². The van der Waals surface area contributed by atoms with Crippen LogP contribution in [-0.4, -0.2) is 9.13 Å². The van der Waals surface area contributed by atoms with E-state index >= 15 is 0 Å². The summed E-state index contributed by atoms with van der Waals surface area (Å²) in [6.45, 7) is 0. The molecular weight excluding hydrogens is 953 g/mol. The molecule has 0 aliphatic heterocycles. The van der Waals surface area contributed by atoms with E-state index in [0.29, 0.717) is 22.4 Å². The number of hydrogen-bond donors (Lipinski definition) is 0. The lowest BCUT2D eigenvalue weighted by molar-refractivity contribution is 0.669. The molecule has 346 valence electrons. The van der Waals surface area contributed by atoms with E-state index in [2.05, 4.69) is 191 Å². The Kier molecular flexibility index (Phi) is 8.85. The summed E-state index contributed by atoms with van der Waals surface area (Å²) in [6, 6.07) is 82.3. The van der Waals surface area contributed by atoms with Gasteiger partial charge in [0, 0.05) is 74.4 Å². The van der Waals surface area contributed by atoms with Gasteiger partial charge in [0.15, 0.2) is 0 Å². The number of rotatable bonds is 5. The van der Waals surface area contributed by atoms with Crippen LogP contribution >= 0.6 is 22.7 Å². The van der Waals surface area contributed by atoms with E-state index < -0.39 is 0 Å². The number of nitriles is 2. The minimum absolute atomic E-state index is 0.416. The molecule has 0 aliphatic carbocycles. The minimum atomic E-state index is 0.416. The van der Waals surface area contributed by atoms with Gasteiger partial charge in [-0.05, 0) is 64.7 Å². The highest BCUT2D eigenvalue weighted by Gasteiger charge is 2.33. The molecule has 0 saturated carbocycles. The molecule has 11 aromatic carbocycles. The van der Waals surface area contributed by atoms with Gasteiger partial charge in [-0.15, -0.1) is 22.7 Å². The molecule has 0 bridgehead atoms. The van der Waals surface area contributed by atoms with E-state index in [4.69, 9.17) is 4.42 Å². The highest BCUT2D eigenvalue weighted by Crippen LogP contribution is 2.53. The molecule has 5 aromatic heterocycles. The van der Waals surface area contributed by atoms with Crippen molar-refractivity contribution < 1.29 is 4.42 Å². The highest BCUT2D eigenvalue weighted by atomic mass is 32.1. The molecule has 5 heterocycles. The molecule has 0 radical (unpaired) electrons. The summed E-state index contributed by atoms with van der Waals surface area (Å²) in [5.74, 6) is 0. The molecule has 0 spiro atoms. The van der Waals surface area contributed by atoms with Crippen LogP contribution in [-0.2, 0) is 0 Å². The molecule has 0 N–H and O–H groups in total. The van der Waals surface area contributed by atoms with Crippen LogP contribution in [0.3, 0.4) is 0 Å². The van der Waals surface area contributed by atoms with E-state index in [1.807, 2.05) is 48.5 Å². The summed E-state index contributed by atoms with van der Waals surface area (Å²) in [5, 5.41) is 35.5. The van der Waals surface area contributed by atoms with Crippen molar-refractivity contribution in [3.63, 3.8) is 0 Å². The molecule has 5 nitrogen and oxygen atoms in total. The molecular formula is C68H36N4OS2. The first-order valence-electron chi connectivity index (χ1n) is 24.9. The van der Waals surface area contributed by atoms with Gasteiger partial charge in [0.25, 0.3) is 0 Å². The zero-order valence-corrected chi connectivity index (χ0v) is 41.4. The maximum absolute atomic E-state index is 12.2. The van der Waals surface area contributed by atoms with Crippen LogP contribution in [0.25, 0.3) is 151 Å². The number of furan rings is 1. The molecule has 0 fully saturated rings. The van der Waals surface area contributed by atoms with Crippen molar-refractivity contribution in [1.29, 1.82) is 10.5 Å². The zero-order valence-electron chi connectivity index (χ0n) is 39.8.